The molecule has 2 aliphatic heterocycles. The lowest BCUT2D eigenvalue weighted by Crippen LogP contribution is -2.44. The molecular weight excluding hydrogens is 471 g/mol. The molecule has 4 rings (SSSR count). The van der Waals surface area contributed by atoms with E-state index in [1.54, 1.807) is 48.4 Å². The summed E-state index contributed by atoms with van der Waals surface area (Å²) in [5, 5.41) is 9.16. The van der Waals surface area contributed by atoms with E-state index < -0.39 is 23.3 Å². The highest BCUT2D eigenvalue weighted by atomic mass is 19.4. The van der Waals surface area contributed by atoms with Gasteiger partial charge in [-0.1, -0.05) is 0 Å². The van der Waals surface area contributed by atoms with Gasteiger partial charge in [0.15, 0.2) is 0 Å². The van der Waals surface area contributed by atoms with E-state index in [4.69, 9.17) is 5.26 Å². The second kappa shape index (κ2) is 9.45. The lowest BCUT2D eigenvalue weighted by molar-refractivity contribution is -0.137. The minimum atomic E-state index is -4.68. The standard InChI is InChI=1S/C26H28F3N5O2/c1-17-10-19(15-31-14-17)23(35)33-8-6-25(7-9-33)12-22(24(36)32(2)3)34(16-25)20-5-4-18(13-30)21(11-20)26(27,28)29/h4-5,10-11,14-15,22H,6-9,12,16H2,1-3H3. The number of benzene rings is 1. The second-order valence-corrected chi connectivity index (χ2v) is 9.96. The molecule has 2 amide bonds. The fourth-order valence-corrected chi connectivity index (χ4v) is 5.29. The number of amides is 2. The molecule has 1 unspecified atom stereocenters. The lowest BCUT2D eigenvalue weighted by Gasteiger charge is -2.39. The van der Waals surface area contributed by atoms with Gasteiger partial charge in [-0.2, -0.15) is 18.4 Å². The summed E-state index contributed by atoms with van der Waals surface area (Å²) in [5.41, 5.74) is -0.0875. The molecule has 2 saturated heterocycles. The van der Waals surface area contributed by atoms with E-state index in [1.807, 2.05) is 6.92 Å². The molecule has 1 aromatic carbocycles. The zero-order valence-corrected chi connectivity index (χ0v) is 20.5. The van der Waals surface area contributed by atoms with Gasteiger partial charge in [-0.3, -0.25) is 14.6 Å². The smallest absolute Gasteiger partial charge is 0.359 e. The molecule has 10 heteroatoms. The third-order valence-electron chi connectivity index (χ3n) is 7.23. The van der Waals surface area contributed by atoms with Gasteiger partial charge < -0.3 is 14.7 Å². The summed E-state index contributed by atoms with van der Waals surface area (Å²) in [5.74, 6) is -0.284. The van der Waals surface area contributed by atoms with Crippen molar-refractivity contribution >= 4 is 17.5 Å². The van der Waals surface area contributed by atoms with E-state index in [0.29, 0.717) is 44.5 Å². The van der Waals surface area contributed by atoms with Crippen LogP contribution in [0.1, 0.15) is 46.3 Å². The van der Waals surface area contributed by atoms with Gasteiger partial charge in [-0.05, 0) is 61.4 Å². The van der Waals surface area contributed by atoms with Crippen molar-refractivity contribution in [2.45, 2.75) is 38.4 Å². The SMILES string of the molecule is Cc1cncc(C(=O)N2CCC3(CC2)CC(C(=O)N(C)C)N(c2ccc(C#N)c(C(F)(F)F)c2)C3)c1. The number of likely N-dealkylation sites (tertiary alicyclic amines) is 1. The highest BCUT2D eigenvalue weighted by Crippen LogP contribution is 2.46. The van der Waals surface area contributed by atoms with E-state index >= 15 is 0 Å². The maximum Gasteiger partial charge on any atom is 0.417 e. The van der Waals surface area contributed by atoms with Crippen LogP contribution in [0.15, 0.2) is 36.7 Å². The molecular formula is C26H28F3N5O2. The van der Waals surface area contributed by atoms with Crippen LogP contribution in [-0.4, -0.2) is 66.4 Å². The summed E-state index contributed by atoms with van der Waals surface area (Å²) >= 11 is 0. The minimum Gasteiger partial charge on any atom is -0.359 e. The van der Waals surface area contributed by atoms with Gasteiger partial charge in [0.2, 0.25) is 5.91 Å². The molecule has 36 heavy (non-hydrogen) atoms. The Morgan fingerprint density at radius 3 is 2.44 bits per heavy atom. The summed E-state index contributed by atoms with van der Waals surface area (Å²) in [6, 6.07) is 6.39. The Labute approximate surface area is 208 Å². The van der Waals surface area contributed by atoms with Crippen LogP contribution in [0, 0.1) is 23.7 Å². The number of hydrogen-bond donors (Lipinski definition) is 0. The highest BCUT2D eigenvalue weighted by Gasteiger charge is 2.49. The van der Waals surface area contributed by atoms with Gasteiger partial charge in [0, 0.05) is 51.8 Å². The number of nitriles is 1. The van der Waals surface area contributed by atoms with E-state index in [2.05, 4.69) is 4.98 Å². The number of rotatable bonds is 3. The third-order valence-corrected chi connectivity index (χ3v) is 7.23. The monoisotopic (exact) mass is 499 g/mol. The summed E-state index contributed by atoms with van der Waals surface area (Å²) in [7, 11) is 3.26. The summed E-state index contributed by atoms with van der Waals surface area (Å²) in [6.45, 7) is 3.25. The van der Waals surface area contributed by atoms with Crippen LogP contribution < -0.4 is 4.90 Å². The molecule has 190 valence electrons. The van der Waals surface area contributed by atoms with Crippen LogP contribution in [0.2, 0.25) is 0 Å². The largest absolute Gasteiger partial charge is 0.417 e. The third kappa shape index (κ3) is 4.87. The number of aryl methyl sites for hydroxylation is 1. The Balaban J connectivity index is 1.59. The number of nitrogens with zero attached hydrogens (tertiary/aromatic N) is 5. The molecule has 0 N–H and O–H groups in total. The number of carbonyl (C=O) groups is 2. The van der Waals surface area contributed by atoms with Crippen molar-refractivity contribution in [1.82, 2.24) is 14.8 Å². The van der Waals surface area contributed by atoms with Gasteiger partial charge >= 0.3 is 6.18 Å². The number of likely N-dealkylation sites (N-methyl/N-ethyl adjacent to an activating group) is 1. The zero-order valence-electron chi connectivity index (χ0n) is 20.5. The van der Waals surface area contributed by atoms with Crippen LogP contribution in [0.4, 0.5) is 18.9 Å². The van der Waals surface area contributed by atoms with Crippen molar-refractivity contribution in [3.8, 4) is 6.07 Å². The number of hydrogen-bond acceptors (Lipinski definition) is 5. The molecule has 3 heterocycles. The molecule has 7 nitrogen and oxygen atoms in total. The number of alkyl halides is 3. The van der Waals surface area contributed by atoms with Crippen molar-refractivity contribution in [2.24, 2.45) is 5.41 Å². The molecule has 1 atom stereocenters. The molecule has 0 radical (unpaired) electrons. The average molecular weight is 500 g/mol. The molecule has 1 spiro atoms. The first-order chi connectivity index (χ1) is 16.9. The first kappa shape index (κ1) is 25.5. The molecule has 2 aromatic rings. The molecule has 0 aliphatic carbocycles. The Kier molecular flexibility index (Phi) is 6.69. The van der Waals surface area contributed by atoms with Crippen LogP contribution >= 0.6 is 0 Å². The first-order valence-electron chi connectivity index (χ1n) is 11.7. The van der Waals surface area contributed by atoms with Gasteiger partial charge in [0.25, 0.3) is 5.91 Å². The van der Waals surface area contributed by atoms with Crippen molar-refractivity contribution in [1.29, 1.82) is 5.26 Å². The predicted molar refractivity (Wildman–Crippen MR) is 127 cm³/mol. The number of pyridine rings is 1. The number of carbonyl (C=O) groups excluding carboxylic acids is 2. The van der Waals surface area contributed by atoms with Crippen molar-refractivity contribution < 1.29 is 22.8 Å². The molecule has 0 bridgehead atoms. The van der Waals surface area contributed by atoms with E-state index in [1.165, 1.54) is 11.0 Å². The molecule has 2 aliphatic rings. The van der Waals surface area contributed by atoms with Crippen molar-refractivity contribution in [3.63, 3.8) is 0 Å². The maximum absolute atomic E-state index is 13.6. The molecule has 2 fully saturated rings. The fourth-order valence-electron chi connectivity index (χ4n) is 5.29. The van der Waals surface area contributed by atoms with E-state index in [9.17, 15) is 22.8 Å². The number of aromatic nitrogens is 1. The second-order valence-electron chi connectivity index (χ2n) is 9.96. The van der Waals surface area contributed by atoms with Gasteiger partial charge in [0.05, 0.1) is 22.8 Å². The van der Waals surface area contributed by atoms with Gasteiger partial charge in [0.1, 0.15) is 6.04 Å². The Bertz CT molecular complexity index is 1210. The Hall–Kier alpha value is -3.61. The Morgan fingerprint density at radius 2 is 1.86 bits per heavy atom. The predicted octanol–water partition coefficient (Wildman–Crippen LogP) is 3.87. The van der Waals surface area contributed by atoms with Crippen LogP contribution in [0.25, 0.3) is 0 Å². The van der Waals surface area contributed by atoms with Crippen LogP contribution in [-0.2, 0) is 11.0 Å². The topological polar surface area (TPSA) is 80.5 Å². The molecule has 1 aromatic heterocycles. The van der Waals surface area contributed by atoms with Gasteiger partial charge in [-0.25, -0.2) is 0 Å². The summed E-state index contributed by atoms with van der Waals surface area (Å²) in [6.07, 6.45) is 0.299. The summed E-state index contributed by atoms with van der Waals surface area (Å²) < 4.78 is 40.9. The van der Waals surface area contributed by atoms with Crippen molar-refractivity contribution in [2.75, 3.05) is 38.6 Å². The lowest BCUT2D eigenvalue weighted by atomic mass is 9.76. The van der Waals surface area contributed by atoms with Gasteiger partial charge in [-0.15, -0.1) is 0 Å². The van der Waals surface area contributed by atoms with E-state index in [-0.39, 0.29) is 22.9 Å². The Morgan fingerprint density at radius 1 is 1.17 bits per heavy atom. The number of piperidine rings is 1. The van der Waals surface area contributed by atoms with Crippen LogP contribution in [0.3, 0.4) is 0 Å². The van der Waals surface area contributed by atoms with E-state index in [0.717, 1.165) is 17.7 Å². The summed E-state index contributed by atoms with van der Waals surface area (Å²) in [4.78, 5) is 35.1. The molecule has 0 saturated carbocycles. The number of halogens is 3. The fraction of sp³-hybridized carbons (Fsp3) is 0.462. The average Bonchev–Trinajstić information content (AvgIpc) is 3.21. The quantitative estimate of drug-likeness (QED) is 0.641. The van der Waals surface area contributed by atoms with Crippen LogP contribution in [0.5, 0.6) is 0 Å². The zero-order chi connectivity index (χ0) is 26.3. The number of anilines is 1. The minimum absolute atomic E-state index is 0.0984. The van der Waals surface area contributed by atoms with Crippen molar-refractivity contribution in [3.05, 3.63) is 58.9 Å². The first-order valence-corrected chi connectivity index (χ1v) is 11.7. The normalized spacial score (nSPS) is 19.3. The highest BCUT2D eigenvalue weighted by molar-refractivity contribution is 5.94. The maximum atomic E-state index is 13.6.